The van der Waals surface area contributed by atoms with Gasteiger partial charge in [0.2, 0.25) is 5.91 Å². The van der Waals surface area contributed by atoms with Gasteiger partial charge in [-0.15, -0.1) is 0 Å². The van der Waals surface area contributed by atoms with Gasteiger partial charge in [-0.2, -0.15) is 0 Å². The average molecular weight is 238 g/mol. The molecule has 0 aromatic heterocycles. The first kappa shape index (κ1) is 13.5. The summed E-state index contributed by atoms with van der Waals surface area (Å²) in [5, 5.41) is 20.7. The fourth-order valence-corrected chi connectivity index (χ4v) is 1.36. The van der Waals surface area contributed by atoms with Crippen LogP contribution in [0.5, 0.6) is 5.75 Å². The fraction of sp³-hybridized carbons (Fsp3) is 0.417. The van der Waals surface area contributed by atoms with Gasteiger partial charge in [-0.25, -0.2) is 0 Å². The van der Waals surface area contributed by atoms with Crippen LogP contribution >= 0.6 is 0 Å². The van der Waals surface area contributed by atoms with Gasteiger partial charge in [0, 0.05) is 6.54 Å². The molecule has 0 spiro atoms. The van der Waals surface area contributed by atoms with Crippen LogP contribution in [0.25, 0.3) is 0 Å². The van der Waals surface area contributed by atoms with Gasteiger partial charge in [-0.05, 0) is 31.0 Å². The van der Waals surface area contributed by atoms with Crippen molar-refractivity contribution in [2.75, 3.05) is 6.54 Å². The van der Waals surface area contributed by atoms with Crippen molar-refractivity contribution in [1.82, 2.24) is 5.32 Å². The highest BCUT2D eigenvalue weighted by molar-refractivity contribution is 5.81. The Hall–Kier alpha value is -1.59. The number of phenols is 1. The number of hydrogen-bond donors (Lipinski definition) is 4. The lowest BCUT2D eigenvalue weighted by Crippen LogP contribution is -2.44. The first-order valence-electron chi connectivity index (χ1n) is 5.48. The molecule has 1 unspecified atom stereocenters. The summed E-state index contributed by atoms with van der Waals surface area (Å²) in [6.07, 6.45) is -0.189. The first-order valence-corrected chi connectivity index (χ1v) is 5.48. The number of nitrogens with two attached hydrogens (primary N) is 1. The number of rotatable bonds is 5. The molecular weight excluding hydrogens is 220 g/mol. The highest BCUT2D eigenvalue weighted by Gasteiger charge is 2.14. The molecule has 0 aliphatic carbocycles. The fourth-order valence-electron chi connectivity index (χ4n) is 1.36. The molecule has 1 rings (SSSR count). The van der Waals surface area contributed by atoms with E-state index in [-0.39, 0.29) is 18.2 Å². The van der Waals surface area contributed by atoms with Crippen LogP contribution in [0.4, 0.5) is 0 Å². The van der Waals surface area contributed by atoms with Crippen LogP contribution in [0, 0.1) is 0 Å². The van der Waals surface area contributed by atoms with Crippen LogP contribution in [-0.2, 0) is 11.2 Å². The molecule has 5 nitrogen and oxygen atoms in total. The Labute approximate surface area is 100 Å². The molecule has 0 bridgehead atoms. The number of aliphatic hydroxyl groups excluding tert-OH is 1. The molecule has 0 fully saturated rings. The Balaban J connectivity index is 2.45. The molecule has 0 saturated heterocycles. The largest absolute Gasteiger partial charge is 0.508 e. The van der Waals surface area contributed by atoms with E-state index in [1.165, 1.54) is 0 Å². The Morgan fingerprint density at radius 3 is 2.53 bits per heavy atom. The summed E-state index contributed by atoms with van der Waals surface area (Å²) in [7, 11) is 0. The molecule has 0 radical (unpaired) electrons. The van der Waals surface area contributed by atoms with Crippen molar-refractivity contribution in [3.8, 4) is 5.75 Å². The van der Waals surface area contributed by atoms with E-state index < -0.39 is 12.1 Å². The molecule has 0 heterocycles. The highest BCUT2D eigenvalue weighted by atomic mass is 16.3. The summed E-state index contributed by atoms with van der Waals surface area (Å²) in [4.78, 5) is 11.5. The summed E-state index contributed by atoms with van der Waals surface area (Å²) < 4.78 is 0. The monoisotopic (exact) mass is 238 g/mol. The van der Waals surface area contributed by atoms with Gasteiger partial charge in [0.25, 0.3) is 0 Å². The Morgan fingerprint density at radius 2 is 2.00 bits per heavy atom. The third-order valence-corrected chi connectivity index (χ3v) is 2.30. The molecule has 0 aliphatic heterocycles. The molecule has 5 N–H and O–H groups in total. The molecular formula is C12H18N2O3. The smallest absolute Gasteiger partial charge is 0.237 e. The van der Waals surface area contributed by atoms with Gasteiger partial charge in [-0.1, -0.05) is 12.1 Å². The number of phenolic OH excluding ortho intramolecular Hbond substituents is 1. The molecule has 1 aromatic carbocycles. The number of carbonyl (C=O) groups is 1. The summed E-state index contributed by atoms with van der Waals surface area (Å²) in [6.45, 7) is 1.79. The molecule has 17 heavy (non-hydrogen) atoms. The lowest BCUT2D eigenvalue weighted by molar-refractivity contribution is -0.122. The minimum absolute atomic E-state index is 0.181. The van der Waals surface area contributed by atoms with Crippen LogP contribution in [-0.4, -0.2) is 34.8 Å². The summed E-state index contributed by atoms with van der Waals surface area (Å²) in [5.74, 6) is -0.111. The zero-order valence-electron chi connectivity index (χ0n) is 9.76. The van der Waals surface area contributed by atoms with Gasteiger partial charge in [0.05, 0.1) is 12.1 Å². The van der Waals surface area contributed by atoms with Crippen molar-refractivity contribution in [2.45, 2.75) is 25.5 Å². The van der Waals surface area contributed by atoms with E-state index in [0.717, 1.165) is 5.56 Å². The second kappa shape index (κ2) is 6.22. The van der Waals surface area contributed by atoms with Gasteiger partial charge in [-0.3, -0.25) is 4.79 Å². The van der Waals surface area contributed by atoms with Crippen LogP contribution in [0.1, 0.15) is 12.5 Å². The molecule has 2 atom stereocenters. The molecule has 0 saturated carbocycles. The average Bonchev–Trinajstić information content (AvgIpc) is 2.28. The Bertz CT molecular complexity index is 363. The van der Waals surface area contributed by atoms with E-state index in [1.807, 2.05) is 0 Å². The van der Waals surface area contributed by atoms with Gasteiger partial charge in [0.15, 0.2) is 0 Å². The quantitative estimate of drug-likeness (QED) is 0.569. The van der Waals surface area contributed by atoms with E-state index in [4.69, 9.17) is 15.9 Å². The molecule has 1 aromatic rings. The van der Waals surface area contributed by atoms with Crippen molar-refractivity contribution in [1.29, 1.82) is 0 Å². The second-order valence-electron chi connectivity index (χ2n) is 4.07. The van der Waals surface area contributed by atoms with Gasteiger partial charge < -0.3 is 21.3 Å². The normalized spacial score (nSPS) is 14.1. The number of aromatic hydroxyl groups is 1. The maximum absolute atomic E-state index is 11.5. The Kier molecular flexibility index (Phi) is 4.93. The predicted molar refractivity (Wildman–Crippen MR) is 64.5 cm³/mol. The first-order chi connectivity index (χ1) is 7.99. The zero-order valence-corrected chi connectivity index (χ0v) is 9.76. The van der Waals surface area contributed by atoms with Crippen molar-refractivity contribution < 1.29 is 15.0 Å². The van der Waals surface area contributed by atoms with Crippen molar-refractivity contribution in [2.24, 2.45) is 5.73 Å². The van der Waals surface area contributed by atoms with Crippen LogP contribution in [0.3, 0.4) is 0 Å². The number of benzene rings is 1. The lowest BCUT2D eigenvalue weighted by atomic mass is 10.1. The number of aliphatic hydroxyl groups is 1. The maximum atomic E-state index is 11.5. The highest BCUT2D eigenvalue weighted by Crippen LogP contribution is 2.10. The number of amides is 1. The number of nitrogens with one attached hydrogen (secondary N) is 1. The van der Waals surface area contributed by atoms with Gasteiger partial charge in [0.1, 0.15) is 5.75 Å². The van der Waals surface area contributed by atoms with Crippen molar-refractivity contribution >= 4 is 5.91 Å². The third kappa shape index (κ3) is 4.84. The van der Waals surface area contributed by atoms with E-state index in [0.29, 0.717) is 6.42 Å². The maximum Gasteiger partial charge on any atom is 0.237 e. The summed E-state index contributed by atoms with van der Waals surface area (Å²) in [5.41, 5.74) is 6.59. The summed E-state index contributed by atoms with van der Waals surface area (Å²) in [6, 6.07) is 5.89. The van der Waals surface area contributed by atoms with E-state index in [1.54, 1.807) is 31.2 Å². The van der Waals surface area contributed by atoms with Crippen LogP contribution < -0.4 is 11.1 Å². The van der Waals surface area contributed by atoms with E-state index in [9.17, 15) is 4.79 Å². The number of hydrogen-bond acceptors (Lipinski definition) is 4. The topological polar surface area (TPSA) is 95.6 Å². The second-order valence-corrected chi connectivity index (χ2v) is 4.07. The molecule has 1 amide bonds. The standard InChI is InChI=1S/C12H18N2O3/c1-8(15)7-14-12(17)11(13)6-9-2-4-10(16)5-3-9/h2-5,8,11,15-16H,6-7,13H2,1H3,(H,14,17)/t8?,11-/m1/s1. The minimum Gasteiger partial charge on any atom is -0.508 e. The van der Waals surface area contributed by atoms with E-state index >= 15 is 0 Å². The lowest BCUT2D eigenvalue weighted by Gasteiger charge is -2.13. The van der Waals surface area contributed by atoms with E-state index in [2.05, 4.69) is 5.32 Å². The third-order valence-electron chi connectivity index (χ3n) is 2.30. The zero-order chi connectivity index (χ0) is 12.8. The molecule has 94 valence electrons. The SMILES string of the molecule is CC(O)CNC(=O)[C@H](N)Cc1ccc(O)cc1. The minimum atomic E-state index is -0.654. The molecule has 5 heteroatoms. The van der Waals surface area contributed by atoms with Crippen molar-refractivity contribution in [3.63, 3.8) is 0 Å². The molecule has 0 aliphatic rings. The van der Waals surface area contributed by atoms with Crippen LogP contribution in [0.15, 0.2) is 24.3 Å². The summed E-state index contributed by atoms with van der Waals surface area (Å²) >= 11 is 0. The number of carbonyl (C=O) groups excluding carboxylic acids is 1. The Morgan fingerprint density at radius 1 is 1.41 bits per heavy atom. The van der Waals surface area contributed by atoms with Gasteiger partial charge >= 0.3 is 0 Å². The van der Waals surface area contributed by atoms with Crippen molar-refractivity contribution in [3.05, 3.63) is 29.8 Å². The predicted octanol–water partition coefficient (Wildman–Crippen LogP) is -0.241. The van der Waals surface area contributed by atoms with Crippen LogP contribution in [0.2, 0.25) is 0 Å².